The Hall–Kier alpha value is -2.37. The third-order valence-electron chi connectivity index (χ3n) is 5.48. The Kier molecular flexibility index (Phi) is 9.73. The number of hydrogen-bond acceptors (Lipinski definition) is 5. The van der Waals surface area contributed by atoms with Gasteiger partial charge in [0.1, 0.15) is 24.0 Å². The number of esters is 1. The van der Waals surface area contributed by atoms with E-state index >= 15 is 0 Å². The van der Waals surface area contributed by atoms with Crippen LogP contribution in [0.15, 0.2) is 24.3 Å². The molecule has 32 heavy (non-hydrogen) atoms. The highest BCUT2D eigenvalue weighted by Gasteiger charge is 2.36. The molecule has 0 spiro atoms. The molecule has 6 heteroatoms. The van der Waals surface area contributed by atoms with Gasteiger partial charge in [-0.3, -0.25) is 4.90 Å². The fraction of sp³-hybridized carbons (Fsp3) is 0.654. The van der Waals surface area contributed by atoms with E-state index in [1.165, 1.54) is 4.90 Å². The lowest BCUT2D eigenvalue weighted by molar-refractivity contribution is -0.156. The van der Waals surface area contributed by atoms with E-state index in [1.807, 2.05) is 58.9 Å². The molecule has 0 aromatic heterocycles. The van der Waals surface area contributed by atoms with Gasteiger partial charge in [0.15, 0.2) is 0 Å². The highest BCUT2D eigenvalue weighted by atomic mass is 16.6. The van der Waals surface area contributed by atoms with Crippen LogP contribution in [0, 0.1) is 5.92 Å². The second kappa shape index (κ2) is 12.0. The molecule has 1 aliphatic rings. The predicted octanol–water partition coefficient (Wildman–Crippen LogP) is 5.46. The predicted molar refractivity (Wildman–Crippen MR) is 124 cm³/mol. The van der Waals surface area contributed by atoms with Crippen molar-refractivity contribution in [1.29, 1.82) is 0 Å². The van der Waals surface area contributed by atoms with Crippen molar-refractivity contribution in [1.82, 2.24) is 4.90 Å². The summed E-state index contributed by atoms with van der Waals surface area (Å²) in [4.78, 5) is 38.5. The maximum Gasteiger partial charge on any atom is 0.411 e. The summed E-state index contributed by atoms with van der Waals surface area (Å²) in [5.41, 5.74) is 1.28. The van der Waals surface area contributed by atoms with Gasteiger partial charge in [-0.15, -0.1) is 0 Å². The van der Waals surface area contributed by atoms with Crippen molar-refractivity contribution in [2.75, 3.05) is 0 Å². The minimum Gasteiger partial charge on any atom is -0.461 e. The molecule has 2 rings (SSSR count). The molecule has 1 aromatic rings. The van der Waals surface area contributed by atoms with Crippen LogP contribution in [0.25, 0.3) is 0 Å². The summed E-state index contributed by atoms with van der Waals surface area (Å²) in [5, 5.41) is 0. The van der Waals surface area contributed by atoms with Crippen LogP contribution >= 0.6 is 0 Å². The molecular formula is C26H39NO5. The largest absolute Gasteiger partial charge is 0.461 e. The van der Waals surface area contributed by atoms with Crippen molar-refractivity contribution in [3.05, 3.63) is 35.4 Å². The number of carbonyl (C=O) groups is 3. The van der Waals surface area contributed by atoms with E-state index in [9.17, 15) is 14.4 Å². The first-order valence-corrected chi connectivity index (χ1v) is 11.8. The summed E-state index contributed by atoms with van der Waals surface area (Å²) in [6.07, 6.45) is 5.90. The Morgan fingerprint density at radius 2 is 1.69 bits per heavy atom. The van der Waals surface area contributed by atoms with Gasteiger partial charge in [-0.25, -0.2) is 9.59 Å². The van der Waals surface area contributed by atoms with E-state index in [0.717, 1.165) is 43.1 Å². The Morgan fingerprint density at radius 1 is 1.09 bits per heavy atom. The van der Waals surface area contributed by atoms with Gasteiger partial charge in [-0.1, -0.05) is 38.1 Å². The molecule has 1 saturated carbocycles. The molecule has 0 radical (unpaired) electrons. The Morgan fingerprint density at radius 3 is 2.22 bits per heavy atom. The zero-order chi connectivity index (χ0) is 23.7. The van der Waals surface area contributed by atoms with E-state index in [1.54, 1.807) is 0 Å². The van der Waals surface area contributed by atoms with Crippen molar-refractivity contribution in [2.45, 2.75) is 104 Å². The third kappa shape index (κ3) is 8.64. The number of rotatable bonds is 10. The number of nitrogens with zero attached hydrogens (tertiary/aromatic N) is 1. The molecule has 1 atom stereocenters. The van der Waals surface area contributed by atoms with Crippen LogP contribution in [0.3, 0.4) is 0 Å². The first-order chi connectivity index (χ1) is 15.1. The van der Waals surface area contributed by atoms with Crippen molar-refractivity contribution in [2.24, 2.45) is 5.92 Å². The summed E-state index contributed by atoms with van der Waals surface area (Å²) in [6, 6.07) is 7.08. The van der Waals surface area contributed by atoms with Gasteiger partial charge in [0, 0.05) is 13.0 Å². The van der Waals surface area contributed by atoms with Gasteiger partial charge in [0.05, 0.1) is 0 Å². The summed E-state index contributed by atoms with van der Waals surface area (Å²) < 4.78 is 11.5. The molecule has 1 unspecified atom stereocenters. The van der Waals surface area contributed by atoms with E-state index < -0.39 is 17.7 Å². The topological polar surface area (TPSA) is 72.9 Å². The monoisotopic (exact) mass is 445 g/mol. The smallest absolute Gasteiger partial charge is 0.411 e. The summed E-state index contributed by atoms with van der Waals surface area (Å²) >= 11 is 0. The molecular weight excluding hydrogens is 406 g/mol. The lowest BCUT2D eigenvalue weighted by atomic mass is 10.0. The summed E-state index contributed by atoms with van der Waals surface area (Å²) in [6.45, 7) is 9.77. The number of aryl methyl sites for hydroxylation is 1. The van der Waals surface area contributed by atoms with E-state index in [-0.39, 0.29) is 24.5 Å². The first kappa shape index (κ1) is 25.9. The standard InChI is InChI=1S/C26H39NO5/c1-19(2)17-23(24(29)31-22-10-6-7-11-22)27(25(30)32-26(3,4)5)18-21-14-12-20(13-15-21)9-8-16-28/h12-16,19,22-23H,6-11,17-18H2,1-5H3. The molecule has 0 N–H and O–H groups in total. The normalized spacial score (nSPS) is 15.4. The number of aldehydes is 1. The average Bonchev–Trinajstić information content (AvgIpc) is 3.21. The number of ether oxygens (including phenoxy) is 2. The van der Waals surface area contributed by atoms with Gasteiger partial charge < -0.3 is 14.3 Å². The van der Waals surface area contributed by atoms with Crippen LogP contribution in [0.2, 0.25) is 0 Å². The molecule has 0 heterocycles. The SMILES string of the molecule is CC(C)CC(C(=O)OC1CCCC1)N(Cc1ccc(CCC=O)cc1)C(=O)OC(C)(C)C. The van der Waals surface area contributed by atoms with Crippen LogP contribution in [-0.2, 0) is 32.0 Å². The second-order valence-corrected chi connectivity index (χ2v) is 10.1. The third-order valence-corrected chi connectivity index (χ3v) is 5.48. The zero-order valence-electron chi connectivity index (χ0n) is 20.3. The molecule has 1 aliphatic carbocycles. The first-order valence-electron chi connectivity index (χ1n) is 11.8. The molecule has 0 bridgehead atoms. The molecule has 1 fully saturated rings. The van der Waals surface area contributed by atoms with Gasteiger partial charge in [-0.05, 0) is 76.3 Å². The lowest BCUT2D eigenvalue weighted by Gasteiger charge is -2.34. The summed E-state index contributed by atoms with van der Waals surface area (Å²) in [7, 11) is 0. The molecule has 6 nitrogen and oxygen atoms in total. The van der Waals surface area contributed by atoms with Crippen molar-refractivity contribution in [3.8, 4) is 0 Å². The summed E-state index contributed by atoms with van der Waals surface area (Å²) in [5.74, 6) is -0.147. The van der Waals surface area contributed by atoms with Gasteiger partial charge in [-0.2, -0.15) is 0 Å². The van der Waals surface area contributed by atoms with Crippen LogP contribution < -0.4 is 0 Å². The second-order valence-electron chi connectivity index (χ2n) is 10.1. The van der Waals surface area contributed by atoms with Gasteiger partial charge in [0.25, 0.3) is 0 Å². The Bertz CT molecular complexity index is 744. The average molecular weight is 446 g/mol. The van der Waals surface area contributed by atoms with Crippen LogP contribution in [-0.4, -0.2) is 41.0 Å². The lowest BCUT2D eigenvalue weighted by Crippen LogP contribution is -2.48. The number of carbonyl (C=O) groups excluding carboxylic acids is 3. The maximum atomic E-state index is 13.2. The van der Waals surface area contributed by atoms with E-state index in [4.69, 9.17) is 9.47 Å². The highest BCUT2D eigenvalue weighted by molar-refractivity contribution is 5.81. The maximum absolute atomic E-state index is 13.2. The van der Waals surface area contributed by atoms with Gasteiger partial charge >= 0.3 is 12.1 Å². The van der Waals surface area contributed by atoms with E-state index in [0.29, 0.717) is 19.3 Å². The Balaban J connectivity index is 2.27. The minimum absolute atomic E-state index is 0.0604. The van der Waals surface area contributed by atoms with Crippen molar-refractivity contribution >= 4 is 18.3 Å². The fourth-order valence-electron chi connectivity index (χ4n) is 3.90. The molecule has 0 saturated heterocycles. The zero-order valence-corrected chi connectivity index (χ0v) is 20.3. The van der Waals surface area contributed by atoms with Gasteiger partial charge in [0.2, 0.25) is 0 Å². The molecule has 0 aliphatic heterocycles. The number of amides is 1. The van der Waals surface area contributed by atoms with Crippen LogP contribution in [0.4, 0.5) is 4.79 Å². The minimum atomic E-state index is -0.708. The van der Waals surface area contributed by atoms with E-state index in [2.05, 4.69) is 0 Å². The molecule has 1 amide bonds. The Labute approximate surface area is 192 Å². The van der Waals surface area contributed by atoms with Crippen LogP contribution in [0.1, 0.15) is 84.3 Å². The fourth-order valence-corrected chi connectivity index (χ4v) is 3.90. The number of hydrogen-bond donors (Lipinski definition) is 0. The molecule has 1 aromatic carbocycles. The van der Waals surface area contributed by atoms with Crippen LogP contribution in [0.5, 0.6) is 0 Å². The van der Waals surface area contributed by atoms with Crippen molar-refractivity contribution < 1.29 is 23.9 Å². The highest BCUT2D eigenvalue weighted by Crippen LogP contribution is 2.25. The van der Waals surface area contributed by atoms with Crippen molar-refractivity contribution in [3.63, 3.8) is 0 Å². The number of benzene rings is 1. The quantitative estimate of drug-likeness (QED) is 0.353. The molecule has 178 valence electrons.